The molecule has 0 fully saturated rings. The third-order valence-corrected chi connectivity index (χ3v) is 4.93. The summed E-state index contributed by atoms with van der Waals surface area (Å²) in [6.45, 7) is 7.27. The van der Waals surface area contributed by atoms with E-state index < -0.39 is 17.7 Å². The van der Waals surface area contributed by atoms with Gasteiger partial charge in [0.25, 0.3) is 6.47 Å². The molecule has 0 radical (unpaired) electrons. The molecule has 0 saturated carbocycles. The van der Waals surface area contributed by atoms with E-state index in [-0.39, 0.29) is 12.5 Å². The first kappa shape index (κ1) is 23.3. The molecule has 0 spiro atoms. The Hall–Kier alpha value is -2.94. The molecule has 0 aliphatic carbocycles. The Bertz CT molecular complexity index is 858. The molecule has 1 aromatic heterocycles. The van der Waals surface area contributed by atoms with Crippen molar-refractivity contribution in [3.05, 3.63) is 45.9 Å². The highest BCUT2D eigenvalue weighted by molar-refractivity contribution is 7.09. The smallest absolute Gasteiger partial charge is 0.412 e. The quantitative estimate of drug-likeness (QED) is 0.585. The van der Waals surface area contributed by atoms with E-state index in [0.717, 1.165) is 22.6 Å². The van der Waals surface area contributed by atoms with E-state index in [0.29, 0.717) is 18.6 Å². The van der Waals surface area contributed by atoms with Crippen LogP contribution in [0.15, 0.2) is 29.8 Å². The molecular weight excluding hydrogens is 406 g/mol. The first-order valence-corrected chi connectivity index (χ1v) is 10.4. The highest BCUT2D eigenvalue weighted by atomic mass is 32.1. The van der Waals surface area contributed by atoms with Crippen LogP contribution in [0.5, 0.6) is 0 Å². The monoisotopic (exact) mass is 433 g/mol. The molecule has 1 heterocycles. The molecule has 2 amide bonds. The van der Waals surface area contributed by atoms with Gasteiger partial charge in [0.1, 0.15) is 12.2 Å². The molecule has 162 valence electrons. The lowest BCUT2D eigenvalue weighted by Gasteiger charge is -2.19. The van der Waals surface area contributed by atoms with Crippen molar-refractivity contribution in [1.82, 2.24) is 10.3 Å². The molecule has 30 heavy (non-hydrogen) atoms. The number of nitrogens with one attached hydrogen (secondary N) is 2. The van der Waals surface area contributed by atoms with Crippen LogP contribution in [-0.2, 0) is 31.9 Å². The number of thiazole rings is 1. The molecule has 1 aromatic carbocycles. The summed E-state index contributed by atoms with van der Waals surface area (Å²) in [5.41, 5.74) is 3.74. The van der Waals surface area contributed by atoms with Gasteiger partial charge in [-0.25, -0.2) is 9.78 Å². The topological polar surface area (TPSA) is 107 Å². The summed E-state index contributed by atoms with van der Waals surface area (Å²) in [5.74, 6) is -0.207. The number of ether oxygens (including phenoxy) is 2. The molecule has 8 nitrogen and oxygen atoms in total. The fourth-order valence-electron chi connectivity index (χ4n) is 2.75. The van der Waals surface area contributed by atoms with Crippen LogP contribution in [0.3, 0.4) is 0 Å². The number of hydrogen-bond donors (Lipinski definition) is 2. The molecule has 1 atom stereocenters. The van der Waals surface area contributed by atoms with E-state index in [4.69, 9.17) is 9.47 Å². The Labute approximate surface area is 180 Å². The second kappa shape index (κ2) is 10.7. The van der Waals surface area contributed by atoms with Crippen LogP contribution >= 0.6 is 11.3 Å². The largest absolute Gasteiger partial charge is 0.465 e. The molecule has 2 rings (SSSR count). The van der Waals surface area contributed by atoms with Gasteiger partial charge in [0.05, 0.1) is 22.1 Å². The Morgan fingerprint density at radius 3 is 2.50 bits per heavy atom. The lowest BCUT2D eigenvalue weighted by atomic mass is 10.1. The highest BCUT2D eigenvalue weighted by Crippen LogP contribution is 2.24. The van der Waals surface area contributed by atoms with Crippen molar-refractivity contribution in [2.24, 2.45) is 0 Å². The van der Waals surface area contributed by atoms with E-state index in [2.05, 4.69) is 15.6 Å². The molecule has 0 saturated heterocycles. The molecule has 0 bridgehead atoms. The van der Waals surface area contributed by atoms with Crippen molar-refractivity contribution in [3.63, 3.8) is 0 Å². The third-order valence-electron chi connectivity index (χ3n) is 3.95. The number of anilines is 1. The number of hydrogen-bond acceptors (Lipinski definition) is 7. The maximum Gasteiger partial charge on any atom is 0.412 e. The molecular formula is C21H27N3O5S. The Morgan fingerprint density at radius 2 is 1.90 bits per heavy atom. The van der Waals surface area contributed by atoms with E-state index in [1.165, 1.54) is 18.3 Å². The van der Waals surface area contributed by atoms with Crippen LogP contribution in [-0.4, -0.2) is 35.7 Å². The minimum Gasteiger partial charge on any atom is -0.465 e. The Balaban J connectivity index is 1.97. The van der Waals surface area contributed by atoms with Crippen LogP contribution in [0.25, 0.3) is 0 Å². The average molecular weight is 434 g/mol. The number of carbonyl (C=O) groups excluding carboxylic acids is 3. The number of aromatic nitrogens is 1. The Morgan fingerprint density at radius 1 is 1.20 bits per heavy atom. The number of rotatable bonds is 9. The molecule has 1 unspecified atom stereocenters. The fraction of sp³-hybridized carbons (Fsp3) is 0.429. The number of aryl methyl sites for hydroxylation is 2. The lowest BCUT2D eigenvalue weighted by molar-refractivity contribution is -0.130. The first-order valence-electron chi connectivity index (χ1n) is 9.51. The summed E-state index contributed by atoms with van der Waals surface area (Å²) in [4.78, 5) is 39.1. The predicted molar refractivity (Wildman–Crippen MR) is 114 cm³/mol. The number of carbonyl (C=O) groups is 3. The summed E-state index contributed by atoms with van der Waals surface area (Å²) in [6.07, 6.45) is 0.892. The average Bonchev–Trinajstić information content (AvgIpc) is 3.11. The summed E-state index contributed by atoms with van der Waals surface area (Å²) in [7, 11) is 0. The molecule has 2 aromatic rings. The minimum absolute atomic E-state index is 0.0588. The van der Waals surface area contributed by atoms with Crippen LogP contribution in [0.2, 0.25) is 0 Å². The fourth-order valence-corrected chi connectivity index (χ4v) is 3.63. The van der Waals surface area contributed by atoms with Crippen molar-refractivity contribution in [1.29, 1.82) is 0 Å². The van der Waals surface area contributed by atoms with Crippen LogP contribution in [0.4, 0.5) is 10.5 Å². The van der Waals surface area contributed by atoms with Gasteiger partial charge in [0.15, 0.2) is 0 Å². The van der Waals surface area contributed by atoms with Crippen molar-refractivity contribution >= 4 is 35.5 Å². The number of amides is 2. The van der Waals surface area contributed by atoms with Crippen LogP contribution < -0.4 is 10.6 Å². The van der Waals surface area contributed by atoms with E-state index in [1.807, 2.05) is 45.0 Å². The van der Waals surface area contributed by atoms with Gasteiger partial charge < -0.3 is 14.8 Å². The second-order valence-electron chi connectivity index (χ2n) is 7.67. The van der Waals surface area contributed by atoms with Gasteiger partial charge in [0, 0.05) is 12.6 Å². The zero-order valence-corrected chi connectivity index (χ0v) is 18.4. The van der Waals surface area contributed by atoms with E-state index in [1.54, 1.807) is 5.51 Å². The summed E-state index contributed by atoms with van der Waals surface area (Å²) in [5, 5.41) is 5.50. The van der Waals surface area contributed by atoms with Gasteiger partial charge in [-0.3, -0.25) is 14.9 Å². The second-order valence-corrected chi connectivity index (χ2v) is 8.56. The van der Waals surface area contributed by atoms with Crippen LogP contribution in [0, 0.1) is 0 Å². The summed E-state index contributed by atoms with van der Waals surface area (Å²) < 4.78 is 10.1. The molecule has 0 aliphatic rings. The summed E-state index contributed by atoms with van der Waals surface area (Å²) in [6, 6.07) is 7.08. The van der Waals surface area contributed by atoms with Crippen LogP contribution in [0.1, 0.15) is 49.9 Å². The highest BCUT2D eigenvalue weighted by Gasteiger charge is 2.20. The van der Waals surface area contributed by atoms with Gasteiger partial charge >= 0.3 is 6.09 Å². The molecule has 2 N–H and O–H groups in total. The number of nitrogens with zero attached hydrogens (tertiary/aromatic N) is 1. The summed E-state index contributed by atoms with van der Waals surface area (Å²) >= 11 is 1.42. The zero-order valence-electron chi connectivity index (χ0n) is 17.6. The zero-order chi connectivity index (χ0) is 22.1. The van der Waals surface area contributed by atoms with Gasteiger partial charge in [-0.05, 0) is 51.3 Å². The molecule has 9 heteroatoms. The van der Waals surface area contributed by atoms with Crippen molar-refractivity contribution in [2.75, 3.05) is 11.9 Å². The van der Waals surface area contributed by atoms with Crippen molar-refractivity contribution < 1.29 is 23.9 Å². The maximum absolute atomic E-state index is 11.8. The standard InChI is InChI=1S/C21H27N3O5S/c1-14(26)23-18(11-28-13-25)19-17(22-12-30-19)10-7-15-5-8-16(9-6-15)24-20(27)29-21(2,3)4/h5-6,8-9,12-13,18H,7,10-11H2,1-4H3,(H,23,26)(H,24,27). The van der Waals surface area contributed by atoms with Crippen molar-refractivity contribution in [2.45, 2.75) is 52.2 Å². The van der Waals surface area contributed by atoms with Gasteiger partial charge in [0.2, 0.25) is 5.91 Å². The van der Waals surface area contributed by atoms with Gasteiger partial charge in [-0.15, -0.1) is 11.3 Å². The SMILES string of the molecule is CC(=O)NC(COC=O)c1scnc1CCc1ccc(NC(=O)OC(C)(C)C)cc1. The number of benzene rings is 1. The van der Waals surface area contributed by atoms with E-state index >= 15 is 0 Å². The van der Waals surface area contributed by atoms with E-state index in [9.17, 15) is 14.4 Å². The maximum atomic E-state index is 11.8. The predicted octanol–water partition coefficient (Wildman–Crippen LogP) is 3.63. The minimum atomic E-state index is -0.554. The van der Waals surface area contributed by atoms with Gasteiger partial charge in [-0.2, -0.15) is 0 Å². The van der Waals surface area contributed by atoms with Crippen molar-refractivity contribution in [3.8, 4) is 0 Å². The lowest BCUT2D eigenvalue weighted by Crippen LogP contribution is -2.29. The Kier molecular flexibility index (Phi) is 8.35. The third kappa shape index (κ3) is 7.82. The normalized spacial score (nSPS) is 12.0. The van der Waals surface area contributed by atoms with Gasteiger partial charge in [-0.1, -0.05) is 12.1 Å². The first-order chi connectivity index (χ1) is 14.2. The molecule has 0 aliphatic heterocycles.